The molecule has 0 saturated carbocycles. The van der Waals surface area contributed by atoms with E-state index in [2.05, 4.69) is 21.6 Å². The molecule has 0 radical (unpaired) electrons. The Bertz CT molecular complexity index is 549. The summed E-state index contributed by atoms with van der Waals surface area (Å²) < 4.78 is 0. The van der Waals surface area contributed by atoms with Gasteiger partial charge in [-0.3, -0.25) is 4.98 Å². The average Bonchev–Trinajstić information content (AvgIpc) is 2.46. The fraction of sp³-hybridized carbons (Fsp3) is 0.0714. The summed E-state index contributed by atoms with van der Waals surface area (Å²) in [7, 11) is 0. The van der Waals surface area contributed by atoms with Crippen LogP contribution < -0.4 is 5.01 Å². The van der Waals surface area contributed by atoms with Crippen LogP contribution in [0.3, 0.4) is 0 Å². The minimum absolute atomic E-state index is 0.714. The molecule has 0 aliphatic rings. The first-order chi connectivity index (χ1) is 8.85. The third-order valence-corrected chi connectivity index (χ3v) is 2.31. The minimum Gasteiger partial charge on any atom is -0.255 e. The first-order valence-corrected chi connectivity index (χ1v) is 5.64. The number of rotatable bonds is 4. The number of anilines is 1. The monoisotopic (exact) mass is 238 g/mol. The number of hydrogen-bond donors (Lipinski definition) is 0. The van der Waals surface area contributed by atoms with E-state index in [1.807, 2.05) is 43.3 Å². The predicted molar refractivity (Wildman–Crippen MR) is 74.3 cm³/mol. The molecule has 0 aromatic carbocycles. The number of nitrogens with zero attached hydrogens (tertiary/aromatic N) is 4. The lowest BCUT2D eigenvalue weighted by Gasteiger charge is -2.12. The molecule has 0 spiro atoms. The summed E-state index contributed by atoms with van der Waals surface area (Å²) in [5.74, 6) is 0.714. The fourth-order valence-electron chi connectivity index (χ4n) is 1.53. The molecular formula is C14H14N4. The Hall–Kier alpha value is -2.49. The summed E-state index contributed by atoms with van der Waals surface area (Å²) in [5.41, 5.74) is 1.65. The van der Waals surface area contributed by atoms with Gasteiger partial charge in [-0.2, -0.15) is 5.10 Å². The zero-order valence-corrected chi connectivity index (χ0v) is 10.2. The van der Waals surface area contributed by atoms with Crippen LogP contribution in [-0.2, 0) is 0 Å². The molecule has 4 heteroatoms. The maximum absolute atomic E-state index is 4.51. The molecular weight excluding hydrogens is 224 g/mol. The molecule has 0 fully saturated rings. The third kappa shape index (κ3) is 2.60. The van der Waals surface area contributed by atoms with Gasteiger partial charge in [0.05, 0.1) is 11.4 Å². The van der Waals surface area contributed by atoms with Gasteiger partial charge in [0, 0.05) is 18.6 Å². The van der Waals surface area contributed by atoms with Gasteiger partial charge in [-0.15, -0.1) is 0 Å². The van der Waals surface area contributed by atoms with Crippen molar-refractivity contribution in [3.63, 3.8) is 0 Å². The number of hydrogen-bond acceptors (Lipinski definition) is 4. The summed E-state index contributed by atoms with van der Waals surface area (Å²) in [4.78, 5) is 8.79. The van der Waals surface area contributed by atoms with Gasteiger partial charge < -0.3 is 0 Å². The largest absolute Gasteiger partial charge is 0.255 e. The Morgan fingerprint density at radius 1 is 1.17 bits per heavy atom. The second-order valence-electron chi connectivity index (χ2n) is 3.50. The molecule has 18 heavy (non-hydrogen) atoms. The van der Waals surface area contributed by atoms with Crippen LogP contribution in [0.5, 0.6) is 0 Å². The van der Waals surface area contributed by atoms with E-state index < -0.39 is 0 Å². The van der Waals surface area contributed by atoms with Crippen molar-refractivity contribution in [1.29, 1.82) is 0 Å². The average molecular weight is 238 g/mol. The van der Waals surface area contributed by atoms with Crippen LogP contribution >= 0.6 is 0 Å². The van der Waals surface area contributed by atoms with Gasteiger partial charge in [-0.25, -0.2) is 9.99 Å². The Labute approximate surface area is 106 Å². The first-order valence-electron chi connectivity index (χ1n) is 5.64. The van der Waals surface area contributed by atoms with Crippen LogP contribution in [0.4, 0.5) is 5.82 Å². The van der Waals surface area contributed by atoms with Crippen LogP contribution in [0.1, 0.15) is 6.92 Å². The SMILES string of the molecule is C=CN(/N=C\C)c1cccc(-c2ccccn2)n1. The van der Waals surface area contributed by atoms with Crippen molar-refractivity contribution < 1.29 is 0 Å². The molecule has 90 valence electrons. The lowest BCUT2D eigenvalue weighted by Crippen LogP contribution is -2.08. The molecule has 0 amide bonds. The van der Waals surface area contributed by atoms with Crippen molar-refractivity contribution in [2.24, 2.45) is 5.10 Å². The molecule has 0 saturated heterocycles. The van der Waals surface area contributed by atoms with E-state index in [1.165, 1.54) is 0 Å². The maximum atomic E-state index is 4.51. The Kier molecular flexibility index (Phi) is 3.81. The van der Waals surface area contributed by atoms with E-state index in [0.29, 0.717) is 5.82 Å². The normalized spacial score (nSPS) is 10.5. The number of pyridine rings is 2. The van der Waals surface area contributed by atoms with E-state index >= 15 is 0 Å². The summed E-state index contributed by atoms with van der Waals surface area (Å²) in [6, 6.07) is 11.5. The van der Waals surface area contributed by atoms with E-state index in [0.717, 1.165) is 11.4 Å². The summed E-state index contributed by atoms with van der Waals surface area (Å²) >= 11 is 0. The van der Waals surface area contributed by atoms with Crippen LogP contribution in [0.2, 0.25) is 0 Å². The summed E-state index contributed by atoms with van der Waals surface area (Å²) in [6.45, 7) is 5.56. The molecule has 0 aliphatic carbocycles. The lowest BCUT2D eigenvalue weighted by molar-refractivity contribution is 1.03. The molecule has 4 nitrogen and oxygen atoms in total. The number of aromatic nitrogens is 2. The highest BCUT2D eigenvalue weighted by atomic mass is 15.5. The highest BCUT2D eigenvalue weighted by molar-refractivity contribution is 5.60. The van der Waals surface area contributed by atoms with Crippen molar-refractivity contribution in [2.45, 2.75) is 6.92 Å². The van der Waals surface area contributed by atoms with Gasteiger partial charge >= 0.3 is 0 Å². The molecule has 0 aliphatic heterocycles. The van der Waals surface area contributed by atoms with Crippen molar-refractivity contribution in [3.05, 3.63) is 55.4 Å². The topological polar surface area (TPSA) is 41.4 Å². The van der Waals surface area contributed by atoms with Crippen LogP contribution in [-0.4, -0.2) is 16.2 Å². The van der Waals surface area contributed by atoms with Crippen LogP contribution in [0, 0.1) is 0 Å². The zero-order valence-electron chi connectivity index (χ0n) is 10.2. The van der Waals surface area contributed by atoms with Crippen molar-refractivity contribution >= 4 is 12.0 Å². The Morgan fingerprint density at radius 2 is 2.00 bits per heavy atom. The lowest BCUT2D eigenvalue weighted by atomic mass is 10.2. The third-order valence-electron chi connectivity index (χ3n) is 2.31. The van der Waals surface area contributed by atoms with Crippen LogP contribution in [0.25, 0.3) is 11.4 Å². The van der Waals surface area contributed by atoms with Gasteiger partial charge in [-0.1, -0.05) is 18.7 Å². The molecule has 0 bridgehead atoms. The van der Waals surface area contributed by atoms with Crippen molar-refractivity contribution in [1.82, 2.24) is 9.97 Å². The molecule has 0 atom stereocenters. The smallest absolute Gasteiger partial charge is 0.154 e. The Balaban J connectivity index is 2.39. The minimum atomic E-state index is 0.714. The zero-order chi connectivity index (χ0) is 12.8. The predicted octanol–water partition coefficient (Wildman–Crippen LogP) is 3.10. The standard InChI is InChI=1S/C14H14N4/c1-3-16-18(4-2)14-10-7-9-13(17-14)12-8-5-6-11-15-12/h3-11H,2H2,1H3/b16-3-. The molecule has 2 aromatic rings. The molecule has 0 unspecified atom stereocenters. The highest BCUT2D eigenvalue weighted by Crippen LogP contribution is 2.18. The second kappa shape index (κ2) is 5.72. The van der Waals surface area contributed by atoms with Gasteiger partial charge in [0.15, 0.2) is 5.82 Å². The molecule has 2 rings (SSSR count). The summed E-state index contributed by atoms with van der Waals surface area (Å²) in [5, 5.41) is 5.77. The molecule has 2 aromatic heterocycles. The number of hydrazone groups is 1. The quantitative estimate of drug-likeness (QED) is 0.607. The van der Waals surface area contributed by atoms with E-state index in [1.54, 1.807) is 23.6 Å². The van der Waals surface area contributed by atoms with Crippen molar-refractivity contribution in [3.8, 4) is 11.4 Å². The Morgan fingerprint density at radius 3 is 2.67 bits per heavy atom. The molecule has 0 N–H and O–H groups in total. The second-order valence-corrected chi connectivity index (χ2v) is 3.50. The molecule has 2 heterocycles. The summed E-state index contributed by atoms with van der Waals surface area (Å²) in [6.07, 6.45) is 5.06. The van der Waals surface area contributed by atoms with E-state index in [4.69, 9.17) is 0 Å². The maximum Gasteiger partial charge on any atom is 0.154 e. The van der Waals surface area contributed by atoms with Crippen molar-refractivity contribution in [2.75, 3.05) is 5.01 Å². The fourth-order valence-corrected chi connectivity index (χ4v) is 1.53. The first kappa shape index (κ1) is 12.0. The van der Waals surface area contributed by atoms with Crippen LogP contribution in [0.15, 0.2) is 60.5 Å². The van der Waals surface area contributed by atoms with Gasteiger partial charge in [0.25, 0.3) is 0 Å². The van der Waals surface area contributed by atoms with Gasteiger partial charge in [0.2, 0.25) is 0 Å². The van der Waals surface area contributed by atoms with Gasteiger partial charge in [-0.05, 0) is 31.2 Å². The van der Waals surface area contributed by atoms with E-state index in [9.17, 15) is 0 Å². The van der Waals surface area contributed by atoms with E-state index in [-0.39, 0.29) is 0 Å². The van der Waals surface area contributed by atoms with Gasteiger partial charge in [0.1, 0.15) is 0 Å². The highest BCUT2D eigenvalue weighted by Gasteiger charge is 2.05.